The summed E-state index contributed by atoms with van der Waals surface area (Å²) in [6, 6.07) is 11.4. The van der Waals surface area contributed by atoms with Crippen LogP contribution >= 0.6 is 0 Å². The third-order valence-corrected chi connectivity index (χ3v) is 5.06. The van der Waals surface area contributed by atoms with Gasteiger partial charge in [-0.2, -0.15) is 0 Å². The molecule has 1 heterocycles. The predicted molar refractivity (Wildman–Crippen MR) is 101 cm³/mol. The Bertz CT molecular complexity index is 862. The number of benzene rings is 2. The number of nitrogens with one attached hydrogen (secondary N) is 2. The Hall–Kier alpha value is -2.89. The van der Waals surface area contributed by atoms with Crippen molar-refractivity contribution in [3.8, 4) is 5.75 Å². The average Bonchev–Trinajstić information content (AvgIpc) is 2.96. The molecule has 27 heavy (non-hydrogen) atoms. The fraction of sp³-hybridized carbons (Fsp3) is 0.333. The molecule has 5 nitrogen and oxygen atoms in total. The zero-order valence-corrected chi connectivity index (χ0v) is 15.6. The third kappa shape index (κ3) is 3.79. The van der Waals surface area contributed by atoms with Gasteiger partial charge in [0.25, 0.3) is 0 Å². The van der Waals surface area contributed by atoms with Gasteiger partial charge in [0.15, 0.2) is 0 Å². The summed E-state index contributed by atoms with van der Waals surface area (Å²) in [7, 11) is 1.58. The molecule has 2 aromatic carbocycles. The van der Waals surface area contributed by atoms with Crippen LogP contribution in [0.15, 0.2) is 42.5 Å². The lowest BCUT2D eigenvalue weighted by molar-refractivity contribution is -0.126. The minimum atomic E-state index is -0.799. The average molecular weight is 370 g/mol. The maximum atomic E-state index is 13.1. The van der Waals surface area contributed by atoms with Crippen LogP contribution < -0.4 is 15.4 Å². The molecule has 0 aromatic heterocycles. The van der Waals surface area contributed by atoms with Gasteiger partial charge in [-0.3, -0.25) is 9.59 Å². The van der Waals surface area contributed by atoms with Gasteiger partial charge >= 0.3 is 0 Å². The van der Waals surface area contributed by atoms with E-state index in [0.717, 1.165) is 16.8 Å². The molecule has 142 valence electrons. The van der Waals surface area contributed by atoms with Gasteiger partial charge in [0, 0.05) is 12.2 Å². The summed E-state index contributed by atoms with van der Waals surface area (Å²) < 4.78 is 18.3. The number of carbonyl (C=O) groups is 2. The largest absolute Gasteiger partial charge is 0.497 e. The molecule has 6 heteroatoms. The SMILES string of the molecule is COc1ccc2c(c1)C(CCNC(=O)C(C)(C)c1ccc(F)cc1)C(=O)N2. The molecular weight excluding hydrogens is 347 g/mol. The first kappa shape index (κ1) is 18.9. The van der Waals surface area contributed by atoms with Crippen LogP contribution in [0, 0.1) is 5.82 Å². The van der Waals surface area contributed by atoms with E-state index in [4.69, 9.17) is 4.74 Å². The molecule has 0 fully saturated rings. The van der Waals surface area contributed by atoms with Crippen molar-refractivity contribution in [1.82, 2.24) is 5.32 Å². The van der Waals surface area contributed by atoms with Crippen LogP contribution in [0.1, 0.15) is 37.3 Å². The lowest BCUT2D eigenvalue weighted by Gasteiger charge is -2.24. The molecule has 0 spiro atoms. The van der Waals surface area contributed by atoms with Crippen LogP contribution in [0.25, 0.3) is 0 Å². The fourth-order valence-corrected chi connectivity index (χ4v) is 3.27. The third-order valence-electron chi connectivity index (χ3n) is 5.06. The van der Waals surface area contributed by atoms with Gasteiger partial charge < -0.3 is 15.4 Å². The van der Waals surface area contributed by atoms with E-state index < -0.39 is 5.41 Å². The highest BCUT2D eigenvalue weighted by atomic mass is 19.1. The minimum absolute atomic E-state index is 0.0784. The fourth-order valence-electron chi connectivity index (χ4n) is 3.27. The van der Waals surface area contributed by atoms with Crippen molar-refractivity contribution in [2.45, 2.75) is 31.6 Å². The quantitative estimate of drug-likeness (QED) is 0.819. The van der Waals surface area contributed by atoms with Crippen LogP contribution in [0.2, 0.25) is 0 Å². The van der Waals surface area contributed by atoms with Crippen molar-refractivity contribution in [1.29, 1.82) is 0 Å². The zero-order valence-electron chi connectivity index (χ0n) is 15.6. The molecule has 0 radical (unpaired) electrons. The highest BCUT2D eigenvalue weighted by Gasteiger charge is 2.32. The molecule has 0 saturated heterocycles. The molecular formula is C21H23FN2O3. The normalized spacial score (nSPS) is 15.9. The molecule has 2 N–H and O–H groups in total. The summed E-state index contributed by atoms with van der Waals surface area (Å²) in [5.41, 5.74) is 1.59. The lowest BCUT2D eigenvalue weighted by atomic mass is 9.83. The zero-order chi connectivity index (χ0) is 19.6. The summed E-state index contributed by atoms with van der Waals surface area (Å²) in [4.78, 5) is 24.9. The van der Waals surface area contributed by atoms with E-state index in [2.05, 4.69) is 10.6 Å². The van der Waals surface area contributed by atoms with E-state index in [1.807, 2.05) is 12.1 Å². The first-order valence-electron chi connectivity index (χ1n) is 8.86. The molecule has 1 aliphatic heterocycles. The number of hydrogen-bond donors (Lipinski definition) is 2. The first-order chi connectivity index (χ1) is 12.8. The summed E-state index contributed by atoms with van der Waals surface area (Å²) in [6.45, 7) is 3.94. The second-order valence-electron chi connectivity index (χ2n) is 7.17. The van der Waals surface area contributed by atoms with E-state index in [-0.39, 0.29) is 23.5 Å². The second kappa shape index (κ2) is 7.39. The Morgan fingerprint density at radius 3 is 2.59 bits per heavy atom. The maximum Gasteiger partial charge on any atom is 0.232 e. The summed E-state index contributed by atoms with van der Waals surface area (Å²) in [5, 5.41) is 5.75. The van der Waals surface area contributed by atoms with Crippen molar-refractivity contribution < 1.29 is 18.7 Å². The van der Waals surface area contributed by atoms with E-state index in [9.17, 15) is 14.0 Å². The molecule has 0 aliphatic carbocycles. The molecule has 1 aliphatic rings. The van der Waals surface area contributed by atoms with Gasteiger partial charge in [0.05, 0.1) is 18.4 Å². The van der Waals surface area contributed by atoms with Crippen molar-refractivity contribution >= 4 is 17.5 Å². The Balaban J connectivity index is 1.64. The van der Waals surface area contributed by atoms with Gasteiger partial charge in [-0.15, -0.1) is 0 Å². The number of methoxy groups -OCH3 is 1. The Labute approximate surface area is 157 Å². The molecule has 1 atom stereocenters. The van der Waals surface area contributed by atoms with Gasteiger partial charge in [0.1, 0.15) is 11.6 Å². The lowest BCUT2D eigenvalue weighted by Crippen LogP contribution is -2.41. The van der Waals surface area contributed by atoms with Gasteiger partial charge in [-0.05, 0) is 61.7 Å². The number of carbonyl (C=O) groups excluding carboxylic acids is 2. The van der Waals surface area contributed by atoms with Crippen LogP contribution in [-0.2, 0) is 15.0 Å². The highest BCUT2D eigenvalue weighted by Crippen LogP contribution is 2.36. The van der Waals surface area contributed by atoms with Crippen molar-refractivity contribution in [2.24, 2.45) is 0 Å². The van der Waals surface area contributed by atoms with Crippen LogP contribution in [0.3, 0.4) is 0 Å². The molecule has 1 unspecified atom stereocenters. The van der Waals surface area contributed by atoms with E-state index in [1.165, 1.54) is 12.1 Å². The highest BCUT2D eigenvalue weighted by molar-refractivity contribution is 6.03. The molecule has 2 aromatic rings. The number of halogens is 1. The monoisotopic (exact) mass is 370 g/mol. The number of anilines is 1. The second-order valence-corrected chi connectivity index (χ2v) is 7.17. The van der Waals surface area contributed by atoms with Crippen LogP contribution in [0.4, 0.5) is 10.1 Å². The van der Waals surface area contributed by atoms with Gasteiger partial charge in [-0.25, -0.2) is 4.39 Å². The smallest absolute Gasteiger partial charge is 0.232 e. The van der Waals surface area contributed by atoms with Crippen LogP contribution in [0.5, 0.6) is 5.75 Å². The van der Waals surface area contributed by atoms with Gasteiger partial charge in [-0.1, -0.05) is 12.1 Å². The number of rotatable bonds is 6. The van der Waals surface area contributed by atoms with E-state index in [0.29, 0.717) is 18.7 Å². The predicted octanol–water partition coefficient (Wildman–Crippen LogP) is 3.35. The number of fused-ring (bicyclic) bond motifs is 1. The molecule has 3 rings (SSSR count). The van der Waals surface area contributed by atoms with E-state index in [1.54, 1.807) is 39.2 Å². The maximum absolute atomic E-state index is 13.1. The van der Waals surface area contributed by atoms with Crippen molar-refractivity contribution in [3.05, 3.63) is 59.4 Å². The number of amides is 2. The van der Waals surface area contributed by atoms with Gasteiger partial charge in [0.2, 0.25) is 11.8 Å². The topological polar surface area (TPSA) is 67.4 Å². The first-order valence-corrected chi connectivity index (χ1v) is 8.86. The van der Waals surface area contributed by atoms with Crippen molar-refractivity contribution in [2.75, 3.05) is 19.0 Å². The van der Waals surface area contributed by atoms with Crippen molar-refractivity contribution in [3.63, 3.8) is 0 Å². The summed E-state index contributed by atoms with van der Waals surface area (Å²) in [5.74, 6) is -0.221. The summed E-state index contributed by atoms with van der Waals surface area (Å²) >= 11 is 0. The van der Waals surface area contributed by atoms with Crippen LogP contribution in [-0.4, -0.2) is 25.5 Å². The molecule has 0 bridgehead atoms. The standard InChI is InChI=1S/C21H23FN2O3/c1-21(2,13-4-6-14(22)7-5-13)20(26)23-11-10-16-17-12-15(27-3)8-9-18(17)24-19(16)25/h4-9,12,16H,10-11H2,1-3H3,(H,23,26)(H,24,25). The Morgan fingerprint density at radius 1 is 1.22 bits per heavy atom. The Kier molecular flexibility index (Phi) is 5.17. The minimum Gasteiger partial charge on any atom is -0.497 e. The number of hydrogen-bond acceptors (Lipinski definition) is 3. The van der Waals surface area contributed by atoms with E-state index >= 15 is 0 Å². The molecule has 2 amide bonds. The Morgan fingerprint density at radius 2 is 1.93 bits per heavy atom. The molecule has 0 saturated carbocycles. The number of ether oxygens (including phenoxy) is 1. The summed E-state index contributed by atoms with van der Waals surface area (Å²) in [6.07, 6.45) is 0.483.